The third-order valence-corrected chi connectivity index (χ3v) is 14.5. The first kappa shape index (κ1) is 57.5. The maximum absolute atomic E-state index is 13.4. The molecule has 17 nitrogen and oxygen atoms in total. The number of ketones is 2. The van der Waals surface area contributed by atoms with Gasteiger partial charge >= 0.3 is 23.9 Å². The number of terminal acetylenes is 1. The lowest BCUT2D eigenvalue weighted by Gasteiger charge is -2.60. The fraction of sp³-hybridized carbons (Fsp3) is 0.466. The molecule has 75 heavy (non-hydrogen) atoms. The number of Topliss-reactive ketones (excluding diaryl/α,β-unsaturated/α-hetero) is 1. The number of esters is 4. The Balaban J connectivity index is 0.926. The molecule has 1 heterocycles. The zero-order valence-corrected chi connectivity index (χ0v) is 43.0. The topological polar surface area (TPSA) is 228 Å². The van der Waals surface area contributed by atoms with Crippen LogP contribution in [0.4, 0.5) is 5.69 Å². The quantitative estimate of drug-likeness (QED) is 0.0180. The van der Waals surface area contributed by atoms with E-state index in [1.807, 2.05) is 26.0 Å². The number of ether oxygens (including phenoxy) is 7. The molecule has 0 saturated heterocycles. The molecule has 0 spiro atoms. The summed E-state index contributed by atoms with van der Waals surface area (Å²) in [5.74, 6) is -1.29. The highest BCUT2D eigenvalue weighted by Crippen LogP contribution is 2.63. The molecule has 3 aromatic rings. The molecular weight excluding hydrogens is 965 g/mol. The Morgan fingerprint density at radius 3 is 2.08 bits per heavy atom. The molecule has 3 aromatic carbocycles. The number of cyclic esters (lactones) is 1. The molecule has 6 rings (SSSR count). The van der Waals surface area contributed by atoms with Gasteiger partial charge in [-0.2, -0.15) is 0 Å². The number of hydrogen-bond acceptors (Lipinski definition) is 16. The van der Waals surface area contributed by atoms with Crippen molar-refractivity contribution < 1.29 is 71.8 Å². The van der Waals surface area contributed by atoms with Crippen LogP contribution in [0, 0.1) is 41.9 Å². The van der Waals surface area contributed by atoms with E-state index in [0.29, 0.717) is 86.5 Å². The van der Waals surface area contributed by atoms with E-state index in [4.69, 9.17) is 39.6 Å². The number of aryl methyl sites for hydroxylation is 1. The van der Waals surface area contributed by atoms with Crippen LogP contribution in [0.25, 0.3) is 0 Å². The van der Waals surface area contributed by atoms with Gasteiger partial charge in [0.1, 0.15) is 32.5 Å². The minimum atomic E-state index is -0.880. The molecule has 6 atom stereocenters. The predicted molar refractivity (Wildman–Crippen MR) is 275 cm³/mol. The second kappa shape index (κ2) is 27.6. The molecule has 0 radical (unpaired) electrons. The molecule has 3 unspecified atom stereocenters. The van der Waals surface area contributed by atoms with E-state index in [2.05, 4.69) is 30.1 Å². The van der Waals surface area contributed by atoms with E-state index in [0.717, 1.165) is 17.6 Å². The Labute approximate surface area is 438 Å². The highest BCUT2D eigenvalue weighted by atomic mass is 16.6. The number of hydrogen-bond donors (Lipinski definition) is 3. The second-order valence-corrected chi connectivity index (χ2v) is 19.6. The van der Waals surface area contributed by atoms with Crippen molar-refractivity contribution in [2.45, 2.75) is 77.9 Å². The molecule has 17 heteroatoms. The highest BCUT2D eigenvalue weighted by Gasteiger charge is 2.58. The molecule has 400 valence electrons. The predicted octanol–water partition coefficient (Wildman–Crippen LogP) is 6.34. The number of carbonyl (C=O) groups is 7. The first-order chi connectivity index (χ1) is 36.0. The van der Waals surface area contributed by atoms with E-state index in [9.17, 15) is 38.7 Å². The molecule has 1 amide bonds. The zero-order valence-electron chi connectivity index (χ0n) is 43.0. The summed E-state index contributed by atoms with van der Waals surface area (Å²) >= 11 is 0. The number of aliphatic hydroxyl groups excluding tert-OH is 1. The number of fused-ring (bicyclic) bond motifs is 1. The van der Waals surface area contributed by atoms with E-state index in [1.54, 1.807) is 42.5 Å². The number of amides is 1. The standard InChI is InChI=1S/C58H68N2O15/c1-6-26-69-28-29-70-30-31-71-32-33-72-52(64)36-59-35-51(63)60-44-18-16-41(17-19-44)53(65)40-12-14-42(15-13-40)54(66)74-37-45(61)21-24-58(5)49-20-9-39(3)47(57(49,4)25-22-50(58)62)34-48(46-23-27-73-56(46)68)75-55(67)43-10-7-38(2)8-11-43/h1,7-8,10-19,23,47-50,59,62H,3,9,20-22,24-37H2,2,4-5H3,(H,60,63)/t47-,48?,49?,50?,57+,58+/m1/s1. The summed E-state index contributed by atoms with van der Waals surface area (Å²) in [7, 11) is 0. The SMILES string of the molecule is C#CCOCCOCCOCCOC(=O)CNCC(=O)Nc1ccc(C(=O)c2ccc(C(=O)OCC(=O)CC[C@]3(C)C(O)CC[C@]4(C)C3CCC(=C)[C@H]4CC(OC(=O)c3ccc(C)cc3)C3=CCOC3=O)cc2)cc1. The first-order valence-electron chi connectivity index (χ1n) is 25.3. The maximum atomic E-state index is 13.4. The van der Waals surface area contributed by atoms with Gasteiger partial charge in [-0.3, -0.25) is 24.5 Å². The average Bonchev–Trinajstić information content (AvgIpc) is 3.84. The Morgan fingerprint density at radius 2 is 1.43 bits per heavy atom. The zero-order chi connectivity index (χ0) is 54.0. The highest BCUT2D eigenvalue weighted by molar-refractivity contribution is 6.09. The van der Waals surface area contributed by atoms with Crippen LogP contribution < -0.4 is 10.6 Å². The minimum absolute atomic E-state index is 0.0445. The summed E-state index contributed by atoms with van der Waals surface area (Å²) in [5, 5.41) is 17.0. The van der Waals surface area contributed by atoms with Crippen LogP contribution in [0.1, 0.15) is 101 Å². The molecular formula is C58H68N2O15. The monoisotopic (exact) mass is 1030 g/mol. The first-order valence-corrected chi connectivity index (χ1v) is 25.3. The summed E-state index contributed by atoms with van der Waals surface area (Å²) in [6, 6.07) is 19.1. The normalized spacial score (nSPS) is 21.4. The summed E-state index contributed by atoms with van der Waals surface area (Å²) in [5.41, 5.74) is 2.74. The van der Waals surface area contributed by atoms with Gasteiger partial charge in [0.15, 0.2) is 11.6 Å². The van der Waals surface area contributed by atoms with Gasteiger partial charge in [-0.25, -0.2) is 14.4 Å². The van der Waals surface area contributed by atoms with Gasteiger partial charge in [0.05, 0.1) is 68.9 Å². The van der Waals surface area contributed by atoms with Crippen molar-refractivity contribution in [1.82, 2.24) is 5.32 Å². The number of carbonyl (C=O) groups excluding carboxylic acids is 7. The molecule has 3 N–H and O–H groups in total. The van der Waals surface area contributed by atoms with Gasteiger partial charge in [0, 0.05) is 23.2 Å². The number of allylic oxidation sites excluding steroid dienone is 1. The third kappa shape index (κ3) is 15.9. The van der Waals surface area contributed by atoms with Gasteiger partial charge in [-0.15, -0.1) is 6.42 Å². The number of aliphatic hydroxyl groups is 1. The van der Waals surface area contributed by atoms with Crippen LogP contribution in [0.5, 0.6) is 0 Å². The maximum Gasteiger partial charge on any atom is 0.338 e. The van der Waals surface area contributed by atoms with Crippen LogP contribution in [0.3, 0.4) is 0 Å². The van der Waals surface area contributed by atoms with Gasteiger partial charge in [-0.05, 0) is 123 Å². The molecule has 2 saturated carbocycles. The Kier molecular flexibility index (Phi) is 21.2. The van der Waals surface area contributed by atoms with Crippen molar-refractivity contribution in [3.8, 4) is 12.3 Å². The Hall–Kier alpha value is -6.81. The Bertz CT molecular complexity index is 2580. The van der Waals surface area contributed by atoms with Crippen molar-refractivity contribution in [3.05, 3.63) is 124 Å². The molecule has 2 aliphatic carbocycles. The second-order valence-electron chi connectivity index (χ2n) is 19.6. The number of benzene rings is 3. The fourth-order valence-electron chi connectivity index (χ4n) is 10.4. The van der Waals surface area contributed by atoms with Gasteiger partial charge in [0.2, 0.25) is 5.91 Å². The van der Waals surface area contributed by atoms with Crippen molar-refractivity contribution >= 4 is 47.0 Å². The van der Waals surface area contributed by atoms with E-state index in [1.165, 1.54) is 24.3 Å². The third-order valence-electron chi connectivity index (χ3n) is 14.5. The number of anilines is 1. The molecule has 3 aliphatic rings. The van der Waals surface area contributed by atoms with Crippen molar-refractivity contribution in [3.63, 3.8) is 0 Å². The molecule has 0 aromatic heterocycles. The summed E-state index contributed by atoms with van der Waals surface area (Å²) in [4.78, 5) is 90.5. The van der Waals surface area contributed by atoms with Crippen molar-refractivity contribution in [2.75, 3.05) is 77.9 Å². The molecule has 1 aliphatic heterocycles. The average molecular weight is 1030 g/mol. The number of nitrogens with one attached hydrogen (secondary N) is 2. The van der Waals surface area contributed by atoms with Gasteiger partial charge in [0.25, 0.3) is 0 Å². The van der Waals surface area contributed by atoms with E-state index >= 15 is 0 Å². The lowest BCUT2D eigenvalue weighted by Crippen LogP contribution is -2.56. The van der Waals surface area contributed by atoms with Crippen LogP contribution in [0.2, 0.25) is 0 Å². The van der Waals surface area contributed by atoms with Crippen LogP contribution in [-0.4, -0.2) is 131 Å². The lowest BCUT2D eigenvalue weighted by molar-refractivity contribution is -0.146. The van der Waals surface area contributed by atoms with Gasteiger partial charge in [-0.1, -0.05) is 61.7 Å². The van der Waals surface area contributed by atoms with E-state index in [-0.39, 0.29) is 74.9 Å². The molecule has 2 fully saturated rings. The minimum Gasteiger partial charge on any atom is -0.462 e. The summed E-state index contributed by atoms with van der Waals surface area (Å²) in [6.45, 7) is 11.8. The molecule has 0 bridgehead atoms. The fourth-order valence-corrected chi connectivity index (χ4v) is 10.4. The van der Waals surface area contributed by atoms with E-state index < -0.39 is 59.4 Å². The Morgan fingerprint density at radius 1 is 0.813 bits per heavy atom. The number of rotatable bonds is 28. The smallest absolute Gasteiger partial charge is 0.338 e. The largest absolute Gasteiger partial charge is 0.462 e. The summed E-state index contributed by atoms with van der Waals surface area (Å²) < 4.78 is 37.6. The van der Waals surface area contributed by atoms with Crippen LogP contribution in [0.15, 0.2) is 96.6 Å². The lowest BCUT2D eigenvalue weighted by atomic mass is 9.45. The van der Waals surface area contributed by atoms with Crippen LogP contribution in [-0.2, 0) is 52.3 Å². The van der Waals surface area contributed by atoms with Crippen LogP contribution >= 0.6 is 0 Å². The van der Waals surface area contributed by atoms with Crippen molar-refractivity contribution in [1.29, 1.82) is 0 Å². The van der Waals surface area contributed by atoms with Crippen molar-refractivity contribution in [2.24, 2.45) is 22.7 Å². The summed E-state index contributed by atoms with van der Waals surface area (Å²) in [6.07, 6.45) is 8.40. The van der Waals surface area contributed by atoms with Gasteiger partial charge < -0.3 is 43.6 Å².